The molecule has 1 aliphatic rings. The van der Waals surface area contributed by atoms with Gasteiger partial charge in [-0.1, -0.05) is 0 Å². The minimum absolute atomic E-state index is 0. The van der Waals surface area contributed by atoms with Crippen LogP contribution < -0.4 is 20.8 Å². The molecule has 25 heavy (non-hydrogen) atoms. The van der Waals surface area contributed by atoms with E-state index in [9.17, 15) is 19.1 Å². The average molecular weight is 372 g/mol. The zero-order valence-electron chi connectivity index (χ0n) is 13.8. The largest absolute Gasteiger partial charge is 0.487 e. The van der Waals surface area contributed by atoms with E-state index in [1.807, 2.05) is 6.92 Å². The van der Waals surface area contributed by atoms with Gasteiger partial charge in [0.1, 0.15) is 17.9 Å². The van der Waals surface area contributed by atoms with Gasteiger partial charge >= 0.3 is 5.97 Å². The third-order valence-electron chi connectivity index (χ3n) is 4.07. The number of carbonyl (C=O) groups is 1. The summed E-state index contributed by atoms with van der Waals surface area (Å²) in [6.07, 6.45) is 1.30. The molecule has 0 bridgehead atoms. The third-order valence-corrected chi connectivity index (χ3v) is 4.07. The van der Waals surface area contributed by atoms with Gasteiger partial charge in [-0.2, -0.15) is 0 Å². The summed E-state index contributed by atoms with van der Waals surface area (Å²) in [6.45, 7) is 3.20. The van der Waals surface area contributed by atoms with Crippen LogP contribution in [0.2, 0.25) is 0 Å². The predicted molar refractivity (Wildman–Crippen MR) is 95.0 cm³/mol. The summed E-state index contributed by atoms with van der Waals surface area (Å²) in [4.78, 5) is 23.7. The Bertz CT molecular complexity index is 884. The molecule has 1 aromatic heterocycles. The lowest BCUT2D eigenvalue weighted by molar-refractivity contribution is 0.0694. The summed E-state index contributed by atoms with van der Waals surface area (Å²) in [5, 5.41) is 15.1. The first-order chi connectivity index (χ1) is 11.5. The van der Waals surface area contributed by atoms with Crippen LogP contribution in [0.1, 0.15) is 23.3 Å². The number of likely N-dealkylation sites (N-methyl/N-ethyl adjacent to an activating group) is 1. The second-order valence-electron chi connectivity index (χ2n) is 5.73. The molecule has 136 valence electrons. The summed E-state index contributed by atoms with van der Waals surface area (Å²) < 4.78 is 21.8. The van der Waals surface area contributed by atoms with Crippen molar-refractivity contribution in [1.29, 1.82) is 0 Å². The quantitative estimate of drug-likeness (QED) is 0.695. The standard InChI is InChI=1S/C16H18FN3O4.ClH/c1-8-7-24-15-12(19-4-3-18-2)11(17)5-9-13(15)20(8)6-10(14(9)21)16(22)23;/h5-6,8,18-19H,3-4,7H2,1-2H3,(H,22,23);1H. The highest BCUT2D eigenvalue weighted by Crippen LogP contribution is 2.39. The fraction of sp³-hybridized carbons (Fsp3) is 0.375. The molecular formula is C16H19ClFN3O4. The van der Waals surface area contributed by atoms with Crippen molar-refractivity contribution in [1.82, 2.24) is 9.88 Å². The van der Waals surface area contributed by atoms with Crippen LogP contribution in [0.3, 0.4) is 0 Å². The lowest BCUT2D eigenvalue weighted by Crippen LogP contribution is -2.27. The number of carboxylic acids is 1. The zero-order valence-corrected chi connectivity index (χ0v) is 14.6. The first-order valence-electron chi connectivity index (χ1n) is 7.61. The van der Waals surface area contributed by atoms with Crippen LogP contribution in [0.25, 0.3) is 10.9 Å². The first kappa shape index (κ1) is 19.0. The lowest BCUT2D eigenvalue weighted by Gasteiger charge is -2.28. The van der Waals surface area contributed by atoms with Gasteiger partial charge in [0, 0.05) is 19.3 Å². The van der Waals surface area contributed by atoms with E-state index in [0.29, 0.717) is 18.6 Å². The molecule has 1 atom stereocenters. The molecule has 0 radical (unpaired) electrons. The van der Waals surface area contributed by atoms with Crippen molar-refractivity contribution in [3.05, 3.63) is 33.9 Å². The Morgan fingerprint density at radius 2 is 2.20 bits per heavy atom. The molecule has 0 saturated carbocycles. The van der Waals surface area contributed by atoms with E-state index in [2.05, 4.69) is 10.6 Å². The van der Waals surface area contributed by atoms with Crippen LogP contribution in [0.15, 0.2) is 17.1 Å². The molecule has 2 aromatic rings. The van der Waals surface area contributed by atoms with Gasteiger partial charge in [0.2, 0.25) is 5.43 Å². The van der Waals surface area contributed by atoms with Crippen LogP contribution >= 0.6 is 12.4 Å². The van der Waals surface area contributed by atoms with E-state index in [0.717, 1.165) is 6.07 Å². The molecular weight excluding hydrogens is 353 g/mol. The maximum atomic E-state index is 14.5. The van der Waals surface area contributed by atoms with Crippen molar-refractivity contribution in [2.75, 3.05) is 32.1 Å². The average Bonchev–Trinajstić information content (AvgIpc) is 2.54. The van der Waals surface area contributed by atoms with Crippen LogP contribution in [0, 0.1) is 5.82 Å². The van der Waals surface area contributed by atoms with Gasteiger partial charge in [0.05, 0.1) is 16.9 Å². The van der Waals surface area contributed by atoms with Crippen LogP contribution in [-0.4, -0.2) is 42.4 Å². The molecule has 3 rings (SSSR count). The van der Waals surface area contributed by atoms with Gasteiger partial charge in [-0.3, -0.25) is 4.79 Å². The first-order valence-corrected chi connectivity index (χ1v) is 7.61. The van der Waals surface area contributed by atoms with E-state index in [-0.39, 0.29) is 47.4 Å². The molecule has 0 amide bonds. The van der Waals surface area contributed by atoms with Gasteiger partial charge in [0.25, 0.3) is 0 Å². The number of halogens is 2. The molecule has 0 spiro atoms. The van der Waals surface area contributed by atoms with Crippen molar-refractivity contribution in [2.24, 2.45) is 0 Å². The summed E-state index contributed by atoms with van der Waals surface area (Å²) >= 11 is 0. The topological polar surface area (TPSA) is 92.6 Å². The van der Waals surface area contributed by atoms with Gasteiger partial charge in [-0.15, -0.1) is 12.4 Å². The Labute approximate surface area is 149 Å². The zero-order chi connectivity index (χ0) is 17.4. The van der Waals surface area contributed by atoms with E-state index < -0.39 is 17.2 Å². The Balaban J connectivity index is 0.00000225. The molecule has 0 saturated heterocycles. The number of aromatic nitrogens is 1. The minimum atomic E-state index is -1.33. The number of hydrogen-bond donors (Lipinski definition) is 3. The number of ether oxygens (including phenoxy) is 1. The van der Waals surface area contributed by atoms with Crippen LogP contribution in [0.5, 0.6) is 5.75 Å². The van der Waals surface area contributed by atoms with E-state index in [4.69, 9.17) is 4.74 Å². The maximum absolute atomic E-state index is 14.5. The van der Waals surface area contributed by atoms with Crippen molar-refractivity contribution >= 4 is 35.0 Å². The molecule has 1 aromatic carbocycles. The number of rotatable bonds is 5. The van der Waals surface area contributed by atoms with Crippen molar-refractivity contribution < 1.29 is 19.0 Å². The van der Waals surface area contributed by atoms with Crippen molar-refractivity contribution in [2.45, 2.75) is 13.0 Å². The number of pyridine rings is 1. The lowest BCUT2D eigenvalue weighted by atomic mass is 10.1. The summed E-state index contributed by atoms with van der Waals surface area (Å²) in [7, 11) is 1.78. The molecule has 9 heteroatoms. The Hall–Kier alpha value is -2.32. The Morgan fingerprint density at radius 3 is 2.84 bits per heavy atom. The number of nitrogens with one attached hydrogen (secondary N) is 2. The summed E-state index contributed by atoms with van der Waals surface area (Å²) in [6, 6.07) is 0.905. The molecule has 2 heterocycles. The van der Waals surface area contributed by atoms with Gasteiger partial charge < -0.3 is 25.0 Å². The van der Waals surface area contributed by atoms with Gasteiger partial charge in [0.15, 0.2) is 11.6 Å². The molecule has 0 fully saturated rings. The van der Waals surface area contributed by atoms with Crippen molar-refractivity contribution in [3.8, 4) is 5.75 Å². The van der Waals surface area contributed by atoms with E-state index >= 15 is 0 Å². The number of carboxylic acid groups (broad SMARTS) is 1. The predicted octanol–water partition coefficient (Wildman–Crippen LogP) is 1.85. The molecule has 7 nitrogen and oxygen atoms in total. The Kier molecular flexibility index (Phi) is 5.54. The van der Waals surface area contributed by atoms with Gasteiger partial charge in [-0.05, 0) is 20.0 Å². The highest BCUT2D eigenvalue weighted by Gasteiger charge is 2.27. The summed E-state index contributed by atoms with van der Waals surface area (Å²) in [5.74, 6) is -1.73. The fourth-order valence-electron chi connectivity index (χ4n) is 2.86. The van der Waals surface area contributed by atoms with E-state index in [1.54, 1.807) is 11.6 Å². The second-order valence-corrected chi connectivity index (χ2v) is 5.73. The van der Waals surface area contributed by atoms with Crippen LogP contribution in [0.4, 0.5) is 10.1 Å². The molecule has 3 N–H and O–H groups in total. The fourth-order valence-corrected chi connectivity index (χ4v) is 2.86. The minimum Gasteiger partial charge on any atom is -0.487 e. The molecule has 0 aliphatic carbocycles. The number of benzene rings is 1. The third kappa shape index (κ3) is 3.14. The maximum Gasteiger partial charge on any atom is 0.341 e. The monoisotopic (exact) mass is 371 g/mol. The van der Waals surface area contributed by atoms with E-state index in [1.165, 1.54) is 6.20 Å². The number of anilines is 1. The van der Waals surface area contributed by atoms with Crippen LogP contribution in [-0.2, 0) is 0 Å². The second kappa shape index (κ2) is 7.28. The summed E-state index contributed by atoms with van der Waals surface area (Å²) in [5.41, 5.74) is -0.496. The number of aromatic carboxylic acids is 1. The highest BCUT2D eigenvalue weighted by atomic mass is 35.5. The highest BCUT2D eigenvalue weighted by molar-refractivity contribution is 5.97. The smallest absolute Gasteiger partial charge is 0.341 e. The van der Waals surface area contributed by atoms with Gasteiger partial charge in [-0.25, -0.2) is 9.18 Å². The Morgan fingerprint density at radius 1 is 1.48 bits per heavy atom. The molecule has 1 unspecified atom stereocenters. The number of nitrogens with zero attached hydrogens (tertiary/aromatic N) is 1. The molecule has 1 aliphatic heterocycles. The van der Waals surface area contributed by atoms with Crippen molar-refractivity contribution in [3.63, 3.8) is 0 Å². The number of hydrogen-bond acceptors (Lipinski definition) is 5. The SMILES string of the molecule is CNCCNc1c(F)cc2c(=O)c(C(=O)O)cn3c2c1OCC3C.Cl. The normalized spacial score (nSPS) is 15.4.